The lowest BCUT2D eigenvalue weighted by Crippen LogP contribution is -2.10. The molecule has 0 radical (unpaired) electrons. The molecule has 0 heterocycles. The van der Waals surface area contributed by atoms with Crippen molar-refractivity contribution in [2.75, 3.05) is 7.11 Å². The number of benzene rings is 2. The number of carbonyl (C=O) groups is 1. The summed E-state index contributed by atoms with van der Waals surface area (Å²) in [5.74, 6) is 1.12. The van der Waals surface area contributed by atoms with E-state index in [1.165, 1.54) is 12.7 Å². The molecule has 0 unspecified atom stereocenters. The molecular formula is C17H16Br2O4. The molecule has 4 nitrogen and oxygen atoms in total. The minimum Gasteiger partial charge on any atom is -0.488 e. The van der Waals surface area contributed by atoms with Gasteiger partial charge in [0.15, 0.2) is 0 Å². The first-order valence-corrected chi connectivity index (χ1v) is 8.43. The van der Waals surface area contributed by atoms with Gasteiger partial charge in [0.1, 0.15) is 18.1 Å². The van der Waals surface area contributed by atoms with Crippen LogP contribution in [0, 0.1) is 13.8 Å². The van der Waals surface area contributed by atoms with Gasteiger partial charge in [-0.05, 0) is 65.2 Å². The van der Waals surface area contributed by atoms with Gasteiger partial charge in [-0.15, -0.1) is 0 Å². The molecule has 122 valence electrons. The van der Waals surface area contributed by atoms with E-state index in [-0.39, 0.29) is 6.61 Å². The fourth-order valence-electron chi connectivity index (χ4n) is 1.92. The first-order chi connectivity index (χ1) is 10.9. The highest BCUT2D eigenvalue weighted by molar-refractivity contribution is 9.10. The maximum absolute atomic E-state index is 11.3. The number of hydrogen-bond acceptors (Lipinski definition) is 4. The largest absolute Gasteiger partial charge is 0.513 e. The molecule has 6 heteroatoms. The molecule has 0 aliphatic heterocycles. The molecule has 0 saturated carbocycles. The van der Waals surface area contributed by atoms with Crippen LogP contribution < -0.4 is 9.47 Å². The lowest BCUT2D eigenvalue weighted by Gasteiger charge is -2.14. The minimum atomic E-state index is -0.767. The Morgan fingerprint density at radius 1 is 1.04 bits per heavy atom. The van der Waals surface area contributed by atoms with Gasteiger partial charge in [-0.3, -0.25) is 0 Å². The van der Waals surface area contributed by atoms with Crippen molar-refractivity contribution >= 4 is 38.0 Å². The Balaban J connectivity index is 2.23. The fourth-order valence-corrected chi connectivity index (χ4v) is 2.96. The SMILES string of the molecule is COC(=O)Oc1cccc(Br)c1COc1cc(C)c(C)cc1Br. The van der Waals surface area contributed by atoms with Gasteiger partial charge in [0, 0.05) is 10.0 Å². The first kappa shape index (κ1) is 17.8. The summed E-state index contributed by atoms with van der Waals surface area (Å²) in [4.78, 5) is 11.3. The maximum atomic E-state index is 11.3. The summed E-state index contributed by atoms with van der Waals surface area (Å²) in [6.07, 6.45) is -0.767. The smallest absolute Gasteiger partial charge is 0.488 e. The molecule has 0 atom stereocenters. The molecule has 0 bridgehead atoms. The van der Waals surface area contributed by atoms with Crippen LogP contribution in [0.4, 0.5) is 4.79 Å². The zero-order valence-corrected chi connectivity index (χ0v) is 16.2. The number of halogens is 2. The van der Waals surface area contributed by atoms with Crippen molar-refractivity contribution in [3.63, 3.8) is 0 Å². The monoisotopic (exact) mass is 442 g/mol. The topological polar surface area (TPSA) is 44.8 Å². The van der Waals surface area contributed by atoms with Crippen molar-refractivity contribution in [2.24, 2.45) is 0 Å². The summed E-state index contributed by atoms with van der Waals surface area (Å²) in [6, 6.07) is 9.31. The zero-order chi connectivity index (χ0) is 17.0. The predicted octanol–water partition coefficient (Wildman–Crippen LogP) is 5.55. The average molecular weight is 444 g/mol. The van der Waals surface area contributed by atoms with E-state index in [0.717, 1.165) is 25.8 Å². The van der Waals surface area contributed by atoms with Crippen molar-refractivity contribution in [3.05, 3.63) is 56.0 Å². The Hall–Kier alpha value is -1.53. The van der Waals surface area contributed by atoms with Crippen molar-refractivity contribution in [3.8, 4) is 11.5 Å². The zero-order valence-electron chi connectivity index (χ0n) is 13.0. The molecule has 0 amide bonds. The van der Waals surface area contributed by atoms with Crippen LogP contribution in [0.5, 0.6) is 11.5 Å². The van der Waals surface area contributed by atoms with E-state index in [1.807, 2.05) is 32.0 Å². The molecule has 0 spiro atoms. The normalized spacial score (nSPS) is 10.3. The van der Waals surface area contributed by atoms with Crippen LogP contribution in [0.3, 0.4) is 0 Å². The van der Waals surface area contributed by atoms with E-state index in [4.69, 9.17) is 9.47 Å². The molecule has 0 aliphatic carbocycles. The van der Waals surface area contributed by atoms with Crippen molar-refractivity contribution in [2.45, 2.75) is 20.5 Å². The van der Waals surface area contributed by atoms with E-state index in [2.05, 4.69) is 36.6 Å². The van der Waals surface area contributed by atoms with Crippen LogP contribution in [-0.2, 0) is 11.3 Å². The van der Waals surface area contributed by atoms with Crippen LogP contribution in [0.25, 0.3) is 0 Å². The van der Waals surface area contributed by atoms with Crippen LogP contribution in [-0.4, -0.2) is 13.3 Å². The van der Waals surface area contributed by atoms with E-state index < -0.39 is 6.16 Å². The summed E-state index contributed by atoms with van der Waals surface area (Å²) >= 11 is 6.95. The predicted molar refractivity (Wildman–Crippen MR) is 95.1 cm³/mol. The van der Waals surface area contributed by atoms with E-state index in [0.29, 0.717) is 5.75 Å². The van der Waals surface area contributed by atoms with Gasteiger partial charge in [0.2, 0.25) is 0 Å². The molecule has 2 aromatic rings. The number of rotatable bonds is 4. The van der Waals surface area contributed by atoms with Gasteiger partial charge >= 0.3 is 6.16 Å². The van der Waals surface area contributed by atoms with Crippen LogP contribution in [0.2, 0.25) is 0 Å². The standard InChI is InChI=1S/C17H16Br2O4/c1-10-7-14(19)16(8-11(10)2)22-9-12-13(18)5-4-6-15(12)23-17(20)21-3/h4-8H,9H2,1-3H3. The molecule has 0 N–H and O–H groups in total. The second kappa shape index (κ2) is 7.84. The summed E-state index contributed by atoms with van der Waals surface area (Å²) in [7, 11) is 1.27. The summed E-state index contributed by atoms with van der Waals surface area (Å²) in [5.41, 5.74) is 3.05. The van der Waals surface area contributed by atoms with E-state index in [9.17, 15) is 4.79 Å². The van der Waals surface area contributed by atoms with Gasteiger partial charge in [-0.1, -0.05) is 22.0 Å². The molecule has 0 aromatic heterocycles. The van der Waals surface area contributed by atoms with Gasteiger partial charge < -0.3 is 14.2 Å². The third-order valence-corrected chi connectivity index (χ3v) is 4.72. The van der Waals surface area contributed by atoms with E-state index in [1.54, 1.807) is 12.1 Å². The summed E-state index contributed by atoms with van der Waals surface area (Å²) in [5, 5.41) is 0. The Morgan fingerprint density at radius 3 is 2.43 bits per heavy atom. The van der Waals surface area contributed by atoms with Gasteiger partial charge in [0.05, 0.1) is 11.6 Å². The second-order valence-electron chi connectivity index (χ2n) is 4.93. The van der Waals surface area contributed by atoms with Gasteiger partial charge in [0.25, 0.3) is 0 Å². The molecule has 0 fully saturated rings. The summed E-state index contributed by atoms with van der Waals surface area (Å²) < 4.78 is 17.2. The minimum absolute atomic E-state index is 0.245. The molecule has 2 aromatic carbocycles. The maximum Gasteiger partial charge on any atom is 0.513 e. The molecule has 0 saturated heterocycles. The Kier molecular flexibility index (Phi) is 6.07. The second-order valence-corrected chi connectivity index (χ2v) is 6.64. The molecule has 2 rings (SSSR count). The van der Waals surface area contributed by atoms with Crippen molar-refractivity contribution < 1.29 is 19.0 Å². The quantitative estimate of drug-likeness (QED) is 0.458. The molecule has 0 aliphatic rings. The van der Waals surface area contributed by atoms with Crippen LogP contribution in [0.15, 0.2) is 39.3 Å². The Morgan fingerprint density at radius 2 is 1.74 bits per heavy atom. The number of hydrogen-bond donors (Lipinski definition) is 0. The number of methoxy groups -OCH3 is 1. The molecule has 23 heavy (non-hydrogen) atoms. The van der Waals surface area contributed by atoms with Crippen molar-refractivity contribution in [1.29, 1.82) is 0 Å². The Bertz CT molecular complexity index is 729. The third kappa shape index (κ3) is 4.48. The molecular weight excluding hydrogens is 428 g/mol. The Labute approximate surface area is 152 Å². The number of ether oxygens (including phenoxy) is 3. The lowest BCUT2D eigenvalue weighted by atomic mass is 10.1. The first-order valence-electron chi connectivity index (χ1n) is 6.85. The average Bonchev–Trinajstić information content (AvgIpc) is 2.51. The van der Waals surface area contributed by atoms with E-state index >= 15 is 0 Å². The van der Waals surface area contributed by atoms with Crippen molar-refractivity contribution in [1.82, 2.24) is 0 Å². The number of aryl methyl sites for hydroxylation is 2. The third-order valence-electron chi connectivity index (χ3n) is 3.36. The lowest BCUT2D eigenvalue weighted by molar-refractivity contribution is 0.120. The summed E-state index contributed by atoms with van der Waals surface area (Å²) in [6.45, 7) is 4.31. The van der Waals surface area contributed by atoms with Gasteiger partial charge in [-0.2, -0.15) is 0 Å². The number of carbonyl (C=O) groups excluding carboxylic acids is 1. The highest BCUT2D eigenvalue weighted by Gasteiger charge is 2.14. The van der Waals surface area contributed by atoms with Gasteiger partial charge in [-0.25, -0.2) is 4.79 Å². The highest BCUT2D eigenvalue weighted by Crippen LogP contribution is 2.32. The highest BCUT2D eigenvalue weighted by atomic mass is 79.9. The van der Waals surface area contributed by atoms with Crippen LogP contribution >= 0.6 is 31.9 Å². The fraction of sp³-hybridized carbons (Fsp3) is 0.235. The van der Waals surface area contributed by atoms with Crippen LogP contribution in [0.1, 0.15) is 16.7 Å².